The van der Waals surface area contributed by atoms with E-state index in [9.17, 15) is 0 Å². The van der Waals surface area contributed by atoms with Gasteiger partial charge in [0.15, 0.2) is 0 Å². The van der Waals surface area contributed by atoms with Gasteiger partial charge in [0, 0.05) is 43.1 Å². The van der Waals surface area contributed by atoms with Crippen LogP contribution < -0.4 is 9.80 Å². The molecule has 11 aromatic carbocycles. The molecule has 334 valence electrons. The number of benzene rings is 11. The van der Waals surface area contributed by atoms with E-state index in [2.05, 4.69) is 252 Å². The van der Waals surface area contributed by atoms with Crippen molar-refractivity contribution in [3.63, 3.8) is 0 Å². The number of furan rings is 2. The standard InChI is InChI=1S/C66H42N2O2S/c1-2-18-43(19-3-1)44-38-40-45(41-39-44)46-20-14-21-47(42-46)67(56-30-16-35-61-64(56)52-25-6-11-33-59(52)69-61)54-28-9-4-22-48(54)49-23-5-10-29-55(49)68(57-31-17-36-62-65(57)53-26-7-12-34-60(53)70-62)58-32-15-27-51-50-24-8-13-37-63(50)71-66(51)58/h1-42H. The Morgan fingerprint density at radius 2 is 0.718 bits per heavy atom. The van der Waals surface area contributed by atoms with Crippen molar-refractivity contribution in [2.75, 3.05) is 9.80 Å². The number of hydrogen-bond acceptors (Lipinski definition) is 5. The van der Waals surface area contributed by atoms with Crippen molar-refractivity contribution < 1.29 is 8.83 Å². The number of fused-ring (bicyclic) bond motifs is 9. The van der Waals surface area contributed by atoms with Gasteiger partial charge in [-0.3, -0.25) is 0 Å². The maximum absolute atomic E-state index is 6.60. The number of nitrogens with zero attached hydrogens (tertiary/aromatic N) is 2. The summed E-state index contributed by atoms with van der Waals surface area (Å²) in [7, 11) is 0. The normalized spacial score (nSPS) is 11.7. The molecule has 0 saturated carbocycles. The summed E-state index contributed by atoms with van der Waals surface area (Å²) in [6.45, 7) is 0. The van der Waals surface area contributed by atoms with Crippen molar-refractivity contribution in [2.45, 2.75) is 0 Å². The van der Waals surface area contributed by atoms with E-state index in [-0.39, 0.29) is 0 Å². The summed E-state index contributed by atoms with van der Waals surface area (Å²) >= 11 is 1.84. The van der Waals surface area contributed by atoms with Crippen LogP contribution in [0.15, 0.2) is 264 Å². The van der Waals surface area contributed by atoms with Gasteiger partial charge in [0.1, 0.15) is 22.3 Å². The molecule has 0 amide bonds. The molecule has 0 unspecified atom stereocenters. The quantitative estimate of drug-likeness (QED) is 0.144. The van der Waals surface area contributed by atoms with Crippen LogP contribution in [0, 0.1) is 0 Å². The number of anilines is 6. The van der Waals surface area contributed by atoms with E-state index in [0.717, 1.165) is 100 Å². The molecule has 0 saturated heterocycles. The maximum atomic E-state index is 6.60. The Kier molecular flexibility index (Phi) is 9.68. The highest BCUT2D eigenvalue weighted by Crippen LogP contribution is 2.53. The van der Waals surface area contributed by atoms with Gasteiger partial charge in [-0.25, -0.2) is 0 Å². The number of thiophene rings is 1. The number of hydrogen-bond donors (Lipinski definition) is 0. The van der Waals surface area contributed by atoms with E-state index in [1.165, 1.54) is 31.3 Å². The summed E-state index contributed by atoms with van der Waals surface area (Å²) in [5, 5.41) is 6.75. The monoisotopic (exact) mass is 926 g/mol. The fraction of sp³-hybridized carbons (Fsp3) is 0. The first kappa shape index (κ1) is 40.9. The predicted molar refractivity (Wildman–Crippen MR) is 300 cm³/mol. The molecule has 14 aromatic rings. The molecule has 0 aliphatic rings. The van der Waals surface area contributed by atoms with E-state index < -0.39 is 0 Å². The summed E-state index contributed by atoms with van der Waals surface area (Å²) in [5.41, 5.74) is 16.5. The summed E-state index contributed by atoms with van der Waals surface area (Å²) in [4.78, 5) is 4.90. The molecule has 4 nitrogen and oxygen atoms in total. The second-order valence-corrected chi connectivity index (χ2v) is 19.0. The lowest BCUT2D eigenvalue weighted by Gasteiger charge is -2.32. The molecular formula is C66H42N2O2S. The van der Waals surface area contributed by atoms with Crippen LogP contribution in [0.1, 0.15) is 0 Å². The Morgan fingerprint density at radius 1 is 0.282 bits per heavy atom. The SMILES string of the molecule is c1ccc(-c2ccc(-c3cccc(N(c4ccccc4-c4ccccc4N(c4cccc5c4sc4ccccc45)c4cccc5oc6ccccc6c45)c4cccc5oc6ccccc6c45)c3)cc2)cc1. The molecule has 0 N–H and O–H groups in total. The Morgan fingerprint density at radius 3 is 1.39 bits per heavy atom. The van der Waals surface area contributed by atoms with Crippen LogP contribution in [-0.2, 0) is 0 Å². The van der Waals surface area contributed by atoms with E-state index in [4.69, 9.17) is 8.83 Å². The molecule has 5 heteroatoms. The van der Waals surface area contributed by atoms with Gasteiger partial charge < -0.3 is 18.6 Å². The third kappa shape index (κ3) is 6.81. The maximum Gasteiger partial charge on any atom is 0.137 e. The molecule has 71 heavy (non-hydrogen) atoms. The fourth-order valence-electron chi connectivity index (χ4n) is 10.7. The van der Waals surface area contributed by atoms with Crippen LogP contribution >= 0.6 is 11.3 Å². The average Bonchev–Trinajstić information content (AvgIpc) is 4.15. The van der Waals surface area contributed by atoms with Gasteiger partial charge in [-0.15, -0.1) is 11.3 Å². The zero-order valence-corrected chi connectivity index (χ0v) is 39.2. The Bertz CT molecular complexity index is 4320. The van der Waals surface area contributed by atoms with Crippen molar-refractivity contribution in [2.24, 2.45) is 0 Å². The first-order valence-corrected chi connectivity index (χ1v) is 24.8. The topological polar surface area (TPSA) is 32.8 Å². The highest BCUT2D eigenvalue weighted by molar-refractivity contribution is 7.26. The minimum Gasteiger partial charge on any atom is -0.456 e. The molecule has 3 heterocycles. The largest absolute Gasteiger partial charge is 0.456 e. The molecule has 14 rings (SSSR count). The zero-order chi connectivity index (χ0) is 46.8. The second-order valence-electron chi connectivity index (χ2n) is 17.9. The summed E-state index contributed by atoms with van der Waals surface area (Å²) < 4.78 is 15.7. The fourth-order valence-corrected chi connectivity index (χ4v) is 11.9. The zero-order valence-electron chi connectivity index (χ0n) is 38.4. The van der Waals surface area contributed by atoms with Gasteiger partial charge in [-0.05, 0) is 95.1 Å². The molecule has 0 fully saturated rings. The smallest absolute Gasteiger partial charge is 0.137 e. The van der Waals surface area contributed by atoms with E-state index >= 15 is 0 Å². The lowest BCUT2D eigenvalue weighted by molar-refractivity contribution is 0.668. The first-order valence-electron chi connectivity index (χ1n) is 24.0. The van der Waals surface area contributed by atoms with Crippen molar-refractivity contribution in [3.8, 4) is 33.4 Å². The van der Waals surface area contributed by atoms with Crippen molar-refractivity contribution in [3.05, 3.63) is 255 Å². The highest BCUT2D eigenvalue weighted by Gasteiger charge is 2.27. The van der Waals surface area contributed by atoms with Crippen LogP contribution in [0.2, 0.25) is 0 Å². The summed E-state index contributed by atoms with van der Waals surface area (Å²) in [6.07, 6.45) is 0. The number of para-hydroxylation sites is 4. The molecule has 0 aliphatic heterocycles. The third-order valence-corrected chi connectivity index (χ3v) is 15.1. The Labute approximate surface area is 414 Å². The average molecular weight is 927 g/mol. The molecule has 0 bridgehead atoms. The van der Waals surface area contributed by atoms with Gasteiger partial charge >= 0.3 is 0 Å². The molecular weight excluding hydrogens is 885 g/mol. The molecule has 0 radical (unpaired) electrons. The Hall–Kier alpha value is -9.16. The van der Waals surface area contributed by atoms with E-state index in [0.29, 0.717) is 0 Å². The predicted octanol–water partition coefficient (Wildman–Crippen LogP) is 19.8. The molecule has 3 aromatic heterocycles. The first-order chi connectivity index (χ1) is 35.2. The van der Waals surface area contributed by atoms with E-state index in [1.54, 1.807) is 0 Å². The van der Waals surface area contributed by atoms with Crippen molar-refractivity contribution >= 4 is 110 Å². The van der Waals surface area contributed by atoms with Gasteiger partial charge in [0.2, 0.25) is 0 Å². The highest BCUT2D eigenvalue weighted by atomic mass is 32.1. The van der Waals surface area contributed by atoms with Crippen molar-refractivity contribution in [1.29, 1.82) is 0 Å². The van der Waals surface area contributed by atoms with Crippen molar-refractivity contribution in [1.82, 2.24) is 0 Å². The van der Waals surface area contributed by atoms with Gasteiger partial charge in [-0.2, -0.15) is 0 Å². The van der Waals surface area contributed by atoms with Crippen LogP contribution in [0.5, 0.6) is 0 Å². The third-order valence-electron chi connectivity index (χ3n) is 13.9. The van der Waals surface area contributed by atoms with Crippen LogP contribution in [0.3, 0.4) is 0 Å². The molecule has 0 atom stereocenters. The van der Waals surface area contributed by atoms with Crippen LogP contribution in [-0.4, -0.2) is 0 Å². The number of rotatable bonds is 9. The lowest BCUT2D eigenvalue weighted by atomic mass is 9.97. The minimum absolute atomic E-state index is 0.835. The lowest BCUT2D eigenvalue weighted by Crippen LogP contribution is -2.14. The second kappa shape index (κ2) is 16.8. The van der Waals surface area contributed by atoms with Crippen LogP contribution in [0.4, 0.5) is 34.1 Å². The summed E-state index contributed by atoms with van der Waals surface area (Å²) in [6, 6.07) is 91.2. The van der Waals surface area contributed by atoms with Crippen LogP contribution in [0.25, 0.3) is 97.4 Å². The summed E-state index contributed by atoms with van der Waals surface area (Å²) in [5.74, 6) is 0. The minimum atomic E-state index is 0.835. The Balaban J connectivity index is 1.02. The molecule has 0 aliphatic carbocycles. The van der Waals surface area contributed by atoms with Gasteiger partial charge in [0.05, 0.1) is 43.9 Å². The van der Waals surface area contributed by atoms with Gasteiger partial charge in [0.25, 0.3) is 0 Å². The van der Waals surface area contributed by atoms with Gasteiger partial charge in [-0.1, -0.05) is 182 Å². The molecule has 0 spiro atoms. The van der Waals surface area contributed by atoms with E-state index in [1.807, 2.05) is 23.5 Å².